The summed E-state index contributed by atoms with van der Waals surface area (Å²) in [5.74, 6) is 0.504. The molecule has 10 nitrogen and oxygen atoms in total. The third-order valence-electron chi connectivity index (χ3n) is 8.17. The van der Waals surface area contributed by atoms with Crippen molar-refractivity contribution in [3.05, 3.63) is 60.7 Å². The number of carbonyl (C=O) groups excluding carboxylic acids is 1. The molecule has 2 aromatic heterocycles. The summed E-state index contributed by atoms with van der Waals surface area (Å²) in [6.45, 7) is 8.92. The molecule has 2 aliphatic heterocycles. The van der Waals surface area contributed by atoms with E-state index in [1.165, 1.54) is 12.4 Å². The molecule has 11 heteroatoms. The number of carbonyl (C=O) groups is 1. The van der Waals surface area contributed by atoms with Crippen LogP contribution in [0.25, 0.3) is 22.3 Å². The number of ether oxygens (including phenoxy) is 2. The second-order valence-electron chi connectivity index (χ2n) is 12.3. The number of anilines is 1. The lowest BCUT2D eigenvalue weighted by atomic mass is 9.98. The van der Waals surface area contributed by atoms with Gasteiger partial charge in [0.15, 0.2) is 17.2 Å². The first-order chi connectivity index (χ1) is 20.7. The number of fused-ring (bicyclic) bond motifs is 1. The number of likely N-dealkylation sites (tertiary alicyclic amines) is 2. The number of halogens is 1. The quantitative estimate of drug-likeness (QED) is 0.301. The Morgan fingerprint density at radius 2 is 1.65 bits per heavy atom. The largest absolute Gasteiger partial charge is 0.454 e. The first kappa shape index (κ1) is 28.9. The molecule has 4 aromatic rings. The Morgan fingerprint density at radius 1 is 0.953 bits per heavy atom. The van der Waals surface area contributed by atoms with Gasteiger partial charge < -0.3 is 25.0 Å². The SMILES string of the molecule is CC(C)(C)OC(=O)N1CCC(N2CCC(n3nc(-c4ccc(Oc5ccccc5)c(F)c4)c4c(N)ncnc43)CC2)CC1. The molecule has 6 rings (SSSR count). The van der Waals surface area contributed by atoms with Gasteiger partial charge in [-0.15, -0.1) is 0 Å². The molecule has 2 fully saturated rings. The molecule has 2 saturated heterocycles. The smallest absolute Gasteiger partial charge is 0.410 e. The lowest BCUT2D eigenvalue weighted by Gasteiger charge is -2.41. The molecule has 4 heterocycles. The summed E-state index contributed by atoms with van der Waals surface area (Å²) in [6.07, 6.45) is 4.86. The van der Waals surface area contributed by atoms with Crippen molar-refractivity contribution in [1.29, 1.82) is 0 Å². The van der Waals surface area contributed by atoms with Gasteiger partial charge in [-0.2, -0.15) is 5.10 Å². The van der Waals surface area contributed by atoms with Crippen LogP contribution in [0.3, 0.4) is 0 Å². The maximum absolute atomic E-state index is 15.2. The Bertz CT molecular complexity index is 1590. The number of nitrogen functional groups attached to an aromatic ring is 1. The minimum atomic E-state index is -0.495. The molecule has 2 aliphatic rings. The molecule has 226 valence electrons. The number of para-hydroxylation sites is 1. The number of aromatic nitrogens is 4. The van der Waals surface area contributed by atoms with Crippen molar-refractivity contribution >= 4 is 22.9 Å². The summed E-state index contributed by atoms with van der Waals surface area (Å²) in [4.78, 5) is 25.6. The predicted octanol–water partition coefficient (Wildman–Crippen LogP) is 6.04. The Hall–Kier alpha value is -4.25. The molecule has 43 heavy (non-hydrogen) atoms. The van der Waals surface area contributed by atoms with Crippen LogP contribution >= 0.6 is 0 Å². The molecule has 0 unspecified atom stereocenters. The zero-order chi connectivity index (χ0) is 30.1. The average molecular weight is 588 g/mol. The molecule has 1 amide bonds. The van der Waals surface area contributed by atoms with Crippen LogP contribution in [0.1, 0.15) is 52.5 Å². The number of benzene rings is 2. The summed E-state index contributed by atoms with van der Waals surface area (Å²) < 4.78 is 28.4. The van der Waals surface area contributed by atoms with Gasteiger partial charge >= 0.3 is 6.09 Å². The van der Waals surface area contributed by atoms with Gasteiger partial charge in [-0.05, 0) is 76.8 Å². The van der Waals surface area contributed by atoms with Crippen LogP contribution in [-0.4, -0.2) is 73.5 Å². The number of amides is 1. The van der Waals surface area contributed by atoms with E-state index in [0.29, 0.717) is 53.0 Å². The molecule has 0 atom stereocenters. The molecule has 0 radical (unpaired) electrons. The van der Waals surface area contributed by atoms with Crippen LogP contribution < -0.4 is 10.5 Å². The van der Waals surface area contributed by atoms with Crippen LogP contribution in [0.2, 0.25) is 0 Å². The highest BCUT2D eigenvalue weighted by Crippen LogP contribution is 2.36. The minimum Gasteiger partial charge on any atom is -0.454 e. The summed E-state index contributed by atoms with van der Waals surface area (Å²) >= 11 is 0. The Balaban J connectivity index is 1.15. The predicted molar refractivity (Wildman–Crippen MR) is 162 cm³/mol. The van der Waals surface area contributed by atoms with Gasteiger partial charge in [0.25, 0.3) is 0 Å². The number of hydrogen-bond acceptors (Lipinski definition) is 8. The second kappa shape index (κ2) is 11.8. The zero-order valence-electron chi connectivity index (χ0n) is 24.9. The summed E-state index contributed by atoms with van der Waals surface area (Å²) in [5.41, 5.74) is 7.62. The fourth-order valence-corrected chi connectivity index (χ4v) is 6.03. The first-order valence-corrected chi connectivity index (χ1v) is 14.9. The van der Waals surface area contributed by atoms with Crippen LogP contribution in [0.4, 0.5) is 15.0 Å². The van der Waals surface area contributed by atoms with Crippen LogP contribution in [-0.2, 0) is 4.74 Å². The standard InChI is InChI=1S/C32H38FN7O3/c1-32(2,3)43-31(41)39-17-11-22(12-18-39)38-15-13-23(14-16-38)40-30-27(29(34)35-20-36-30)28(37-40)21-9-10-26(25(33)19-21)42-24-7-5-4-6-8-24/h4-10,19-20,22-23H,11-18H2,1-3H3,(H2,34,35,36). The molecule has 0 aliphatic carbocycles. The minimum absolute atomic E-state index is 0.120. The van der Waals surface area contributed by atoms with Gasteiger partial charge in [-0.3, -0.25) is 0 Å². The number of nitrogens with zero attached hydrogens (tertiary/aromatic N) is 6. The van der Waals surface area contributed by atoms with Crippen LogP contribution in [0.15, 0.2) is 54.9 Å². The first-order valence-electron chi connectivity index (χ1n) is 14.9. The highest BCUT2D eigenvalue weighted by molar-refractivity contribution is 5.98. The summed E-state index contributed by atoms with van der Waals surface area (Å²) in [6, 6.07) is 14.5. The van der Waals surface area contributed by atoms with Crippen molar-refractivity contribution in [2.45, 2.75) is 64.1 Å². The van der Waals surface area contributed by atoms with Gasteiger partial charge in [0.2, 0.25) is 0 Å². The van der Waals surface area contributed by atoms with Gasteiger partial charge in [0, 0.05) is 37.8 Å². The molecule has 2 aromatic carbocycles. The van der Waals surface area contributed by atoms with Gasteiger partial charge in [-0.1, -0.05) is 18.2 Å². The highest BCUT2D eigenvalue weighted by Gasteiger charge is 2.33. The number of rotatable bonds is 5. The number of nitrogens with two attached hydrogens (primary N) is 1. The maximum atomic E-state index is 15.2. The Labute approximate surface area is 250 Å². The topological polar surface area (TPSA) is 112 Å². The normalized spacial score (nSPS) is 17.3. The van der Waals surface area contributed by atoms with E-state index in [-0.39, 0.29) is 17.9 Å². The number of piperidine rings is 2. The van der Waals surface area contributed by atoms with Crippen molar-refractivity contribution in [3.63, 3.8) is 0 Å². The van der Waals surface area contributed by atoms with Crippen molar-refractivity contribution in [3.8, 4) is 22.8 Å². The lowest BCUT2D eigenvalue weighted by molar-refractivity contribution is 0.0119. The van der Waals surface area contributed by atoms with Crippen molar-refractivity contribution in [2.24, 2.45) is 0 Å². The van der Waals surface area contributed by atoms with Crippen molar-refractivity contribution in [2.75, 3.05) is 31.9 Å². The van der Waals surface area contributed by atoms with Crippen molar-refractivity contribution in [1.82, 2.24) is 29.5 Å². The molecule has 0 bridgehead atoms. The Morgan fingerprint density at radius 3 is 2.33 bits per heavy atom. The lowest BCUT2D eigenvalue weighted by Crippen LogP contribution is -2.50. The molecular formula is C32H38FN7O3. The summed E-state index contributed by atoms with van der Waals surface area (Å²) in [7, 11) is 0. The molecule has 0 spiro atoms. The number of hydrogen-bond donors (Lipinski definition) is 1. The van der Waals surface area contributed by atoms with Crippen molar-refractivity contribution < 1.29 is 18.7 Å². The molecule has 2 N–H and O–H groups in total. The van der Waals surface area contributed by atoms with E-state index < -0.39 is 11.4 Å². The third-order valence-corrected chi connectivity index (χ3v) is 8.17. The van der Waals surface area contributed by atoms with E-state index in [9.17, 15) is 4.79 Å². The van der Waals surface area contributed by atoms with E-state index in [1.54, 1.807) is 24.3 Å². The van der Waals surface area contributed by atoms with E-state index in [2.05, 4.69) is 14.9 Å². The second-order valence-corrected chi connectivity index (χ2v) is 12.3. The van der Waals surface area contributed by atoms with E-state index in [0.717, 1.165) is 38.8 Å². The zero-order valence-corrected chi connectivity index (χ0v) is 24.9. The van der Waals surface area contributed by atoms with E-state index >= 15 is 4.39 Å². The maximum Gasteiger partial charge on any atom is 0.410 e. The third kappa shape index (κ3) is 6.27. The monoisotopic (exact) mass is 587 g/mol. The highest BCUT2D eigenvalue weighted by atomic mass is 19.1. The fraction of sp³-hybridized carbons (Fsp3) is 0.438. The fourth-order valence-electron chi connectivity index (χ4n) is 6.03. The van der Waals surface area contributed by atoms with Gasteiger partial charge in [0.05, 0.1) is 11.4 Å². The van der Waals surface area contributed by atoms with E-state index in [1.807, 2.05) is 48.6 Å². The Kier molecular flexibility index (Phi) is 7.91. The van der Waals surface area contributed by atoms with Gasteiger partial charge in [-0.25, -0.2) is 23.8 Å². The summed E-state index contributed by atoms with van der Waals surface area (Å²) in [5, 5.41) is 5.57. The van der Waals surface area contributed by atoms with Crippen LogP contribution in [0.5, 0.6) is 11.5 Å². The van der Waals surface area contributed by atoms with Gasteiger partial charge in [0.1, 0.15) is 29.2 Å². The van der Waals surface area contributed by atoms with Crippen LogP contribution in [0, 0.1) is 5.82 Å². The molecule has 0 saturated carbocycles. The van der Waals surface area contributed by atoms with E-state index in [4.69, 9.17) is 20.3 Å². The molecular weight excluding hydrogens is 549 g/mol. The average Bonchev–Trinajstić information content (AvgIpc) is 3.39.